The van der Waals surface area contributed by atoms with E-state index >= 15 is 0 Å². The van der Waals surface area contributed by atoms with Crippen LogP contribution in [-0.4, -0.2) is 609 Å². The molecule has 0 aromatic carbocycles. The zero-order chi connectivity index (χ0) is 108. The molecular weight excluding hydrogens is 1980 g/mol. The monoisotopic (exact) mass is 2120 g/mol. The number of carboxylic acid groups (broad SMARTS) is 1. The van der Waals surface area contributed by atoms with E-state index < -0.39 is 457 Å². The van der Waals surface area contributed by atoms with E-state index in [1.807, 2.05) is 0 Å². The van der Waals surface area contributed by atoms with Crippen molar-refractivity contribution in [3.63, 3.8) is 0 Å². The van der Waals surface area contributed by atoms with Gasteiger partial charge in [-0.05, 0) is 6.92 Å². The van der Waals surface area contributed by atoms with Gasteiger partial charge < -0.3 is 285 Å². The third-order valence-electron chi connectivity index (χ3n) is 26.0. The molecule has 0 aromatic rings. The maximum Gasteiger partial charge on any atom is 0.364 e. The highest BCUT2D eigenvalue weighted by Gasteiger charge is 2.65. The van der Waals surface area contributed by atoms with Crippen molar-refractivity contribution >= 4 is 41.4 Å². The van der Waals surface area contributed by atoms with Crippen LogP contribution in [0.2, 0.25) is 0 Å². The van der Waals surface area contributed by atoms with Gasteiger partial charge in [0.2, 0.25) is 35.4 Å². The third-order valence-corrected chi connectivity index (χ3v) is 26.0. The van der Waals surface area contributed by atoms with Crippen molar-refractivity contribution in [2.75, 3.05) is 72.7 Å². The van der Waals surface area contributed by atoms with Crippen molar-refractivity contribution < 1.29 is 287 Å². The average Bonchev–Trinajstić information content (AvgIpc) is 0.748. The lowest BCUT2D eigenvalue weighted by Gasteiger charge is -2.52. The van der Waals surface area contributed by atoms with Gasteiger partial charge in [0.25, 0.3) is 5.79 Å². The smallest absolute Gasteiger partial charge is 0.364 e. The molecule has 838 valence electrons. The lowest BCUT2D eigenvalue weighted by atomic mass is 9.88. The Balaban J connectivity index is 1.06. The minimum Gasteiger partial charge on any atom is -0.477 e. The predicted molar refractivity (Wildman–Crippen MR) is 450 cm³/mol. The zero-order valence-corrected chi connectivity index (χ0v) is 78.5. The molecule has 0 aromatic heterocycles. The van der Waals surface area contributed by atoms with Crippen LogP contribution in [0.5, 0.6) is 0 Å². The standard InChI is InChI=1S/C81H136N6O58/c1-20-44(106)56(118)59(121)75(128-20)126-18-30(105)62(45(107)27(9-88)82-21(2)97)137-73-42(86-25(6)101)54(116)64(36(16-95)134-73)139-77-61(123)68(141-79-70(58(120)50(112)34(14-93)133-79)143-72-41(85-24(5)100)53(115)48(110)32(12-91)130-72)65(140-71-40(84-23(4)99)52(114)47(109)31(11-90)129-71)38(136-77)19-127-78-69(57(119)49(111)33(13-92)132-78)142-74-43(87-26(7)102)55(117)63(37(17-96)135-74)138-76-60(122)67(51(113)35(15-94)131-76)145-81(80(124)125)8-28(103)39(83-22(3)98)66(144-81)46(108)29(104)10-89/h20,27-79,88-96,103-123H,8-19H2,1-7H3,(H,82,97)(H,83,98)(H,84,99)(H,85,100)(H,86,101)(H,87,102)(H,124,125)/t20-,27-,28-,29+,30+,31+,32+,33+,34+,35+,36+,37+,38+,39+,40+,41+,42+,43+,44+,45+,46+,47+,48+,49+,50+,51-,52+,53+,54+,55+,56+,57-,58-,59-,60+,61-,62+,63+,64+,65+,66+,67-,68+,69-,70-,71-,72-,73-,74-,75+,76-,77-,78-,79+,81-/m0/s1. The molecule has 10 aliphatic heterocycles. The molecule has 37 N–H and O–H groups in total. The Kier molecular flexibility index (Phi) is 44.5. The van der Waals surface area contributed by atoms with Crippen LogP contribution in [0.25, 0.3) is 0 Å². The van der Waals surface area contributed by atoms with Crippen molar-refractivity contribution in [3.05, 3.63) is 0 Å². The first-order valence-corrected chi connectivity index (χ1v) is 46.0. The molecular formula is C81H136N6O58. The number of amides is 6. The predicted octanol–water partition coefficient (Wildman–Crippen LogP) is -24.2. The van der Waals surface area contributed by atoms with E-state index in [0.29, 0.717) is 0 Å². The Morgan fingerprint density at radius 3 is 1.14 bits per heavy atom. The molecule has 145 heavy (non-hydrogen) atoms. The maximum atomic E-state index is 13.5. The van der Waals surface area contributed by atoms with Crippen LogP contribution in [0, 0.1) is 0 Å². The summed E-state index contributed by atoms with van der Waals surface area (Å²) in [6.45, 7) is -7.36. The number of hydrogen-bond acceptors (Lipinski definition) is 57. The first-order chi connectivity index (χ1) is 68.3. The molecule has 10 heterocycles. The molecule has 64 heteroatoms. The number of ether oxygens (including phenoxy) is 20. The Labute approximate surface area is 821 Å². The van der Waals surface area contributed by atoms with E-state index in [4.69, 9.17) is 94.7 Å². The molecule has 10 rings (SSSR count). The second kappa shape index (κ2) is 53.2. The first-order valence-electron chi connectivity index (χ1n) is 46.0. The van der Waals surface area contributed by atoms with Gasteiger partial charge in [0.05, 0.1) is 97.0 Å². The number of hydrogen-bond donors (Lipinski definition) is 37. The minimum absolute atomic E-state index is 0.835. The maximum absolute atomic E-state index is 13.5. The van der Waals surface area contributed by atoms with E-state index in [1.165, 1.54) is 6.92 Å². The van der Waals surface area contributed by atoms with Gasteiger partial charge in [-0.25, -0.2) is 4.79 Å². The summed E-state index contributed by atoms with van der Waals surface area (Å²) in [5.41, 5.74) is 0. The lowest BCUT2D eigenvalue weighted by Crippen LogP contribution is -2.71. The van der Waals surface area contributed by atoms with Crippen LogP contribution in [0.4, 0.5) is 0 Å². The van der Waals surface area contributed by atoms with Gasteiger partial charge in [0, 0.05) is 48.0 Å². The summed E-state index contributed by atoms with van der Waals surface area (Å²) in [4.78, 5) is 91.3. The van der Waals surface area contributed by atoms with Gasteiger partial charge in [-0.1, -0.05) is 0 Å². The van der Waals surface area contributed by atoms with Crippen LogP contribution in [0.15, 0.2) is 0 Å². The van der Waals surface area contributed by atoms with E-state index in [2.05, 4.69) is 31.9 Å². The summed E-state index contributed by atoms with van der Waals surface area (Å²) < 4.78 is 122. The SMILES string of the molecule is CC(=O)N[C@H]1[C@H](O[C@@H]([C@H](O)[C@H](CO)NC(C)=O)[C@H](O)CO[C@@H]2O[C@@H](C)[C@@H](O)[C@@H](O)[C@@H]2O)O[C@H](CO)[C@@H](O[C@@H]2O[C@H](CO[C@H]3O[C@H](CO)[C@@H](O)[C@H](O)[C@@H]3O[C@@H]3O[C@H](CO)[C@@H](O[C@@H]4O[C@H](CO)[C@H](O)[C@H](O[C@]5(C(=O)O)C[C@H](O)[C@@H](NC(C)=O)[C@H]([C@H](O)[C@H](O)CO)O5)[C@H]4O)[C@H](O)[C@H]3NC(C)=O)[C@@H](O[C@@H]3O[C@H](CO)[C@@H](O)[C@H](O)[C@H]3NC(C)=O)[C@H](O[C@H]3O[C@H](CO)[C@@H](O)[C@H](O)[C@@H]3O[C@@H]3O[C@H](CO)[C@@H](O)[C@H](O)[C@H]3NC(C)=O)[C@@H]2O)[C@@H]1O. The van der Waals surface area contributed by atoms with E-state index in [1.54, 1.807) is 0 Å². The third kappa shape index (κ3) is 27.9. The van der Waals surface area contributed by atoms with Gasteiger partial charge in [0.1, 0.15) is 250 Å². The van der Waals surface area contributed by atoms with Gasteiger partial charge in [-0.15, -0.1) is 0 Å². The first kappa shape index (κ1) is 121. The van der Waals surface area contributed by atoms with Gasteiger partial charge >= 0.3 is 5.97 Å². The molecule has 10 fully saturated rings. The number of carbonyl (C=O) groups excluding carboxylic acids is 6. The average molecular weight is 2120 g/mol. The molecule has 0 spiro atoms. The molecule has 10 aliphatic rings. The summed E-state index contributed by atoms with van der Waals surface area (Å²) in [7, 11) is 0. The zero-order valence-electron chi connectivity index (χ0n) is 78.5. The Hall–Kier alpha value is -5.71. The second-order valence-corrected chi connectivity index (χ2v) is 36.5. The van der Waals surface area contributed by atoms with E-state index in [0.717, 1.165) is 41.5 Å². The Bertz CT molecular complexity index is 4090. The van der Waals surface area contributed by atoms with Crippen molar-refractivity contribution in [2.24, 2.45) is 0 Å². The van der Waals surface area contributed by atoms with Crippen molar-refractivity contribution in [3.8, 4) is 0 Å². The molecule has 6 amide bonds. The molecule has 0 radical (unpaired) electrons. The summed E-state index contributed by atoms with van der Waals surface area (Å²) in [6.07, 6.45) is -111. The number of carboxylic acids is 1. The highest BCUT2D eigenvalue weighted by molar-refractivity contribution is 5.77. The fourth-order valence-electron chi connectivity index (χ4n) is 18.4. The fourth-order valence-corrected chi connectivity index (χ4v) is 18.4. The molecule has 10 saturated heterocycles. The van der Waals surface area contributed by atoms with Crippen molar-refractivity contribution in [1.82, 2.24) is 31.9 Å². The van der Waals surface area contributed by atoms with Crippen molar-refractivity contribution in [2.45, 2.75) is 392 Å². The second-order valence-electron chi connectivity index (χ2n) is 36.5. The quantitative estimate of drug-likeness (QED) is 0.0270. The number of carbonyl (C=O) groups is 7. The normalized spacial score (nSPS) is 44.9. The van der Waals surface area contributed by atoms with Crippen LogP contribution in [-0.2, 0) is 128 Å². The van der Waals surface area contributed by atoms with E-state index in [9.17, 15) is 192 Å². The molecule has 0 unspecified atom stereocenters. The van der Waals surface area contributed by atoms with Crippen LogP contribution >= 0.6 is 0 Å². The number of nitrogens with one attached hydrogen (secondary N) is 6. The largest absolute Gasteiger partial charge is 0.477 e. The highest BCUT2D eigenvalue weighted by atomic mass is 16.8. The fraction of sp³-hybridized carbons (Fsp3) is 0.914. The molecule has 0 saturated carbocycles. The molecule has 0 aliphatic carbocycles. The molecule has 0 bridgehead atoms. The molecule has 64 nitrogen and oxygen atoms in total. The van der Waals surface area contributed by atoms with Gasteiger partial charge in [-0.2, -0.15) is 0 Å². The summed E-state index contributed by atoms with van der Waals surface area (Å²) in [5, 5.41) is 366. The van der Waals surface area contributed by atoms with Gasteiger partial charge in [-0.3, -0.25) is 28.8 Å². The van der Waals surface area contributed by atoms with Crippen molar-refractivity contribution in [1.29, 1.82) is 0 Å². The number of aliphatic carboxylic acids is 1. The van der Waals surface area contributed by atoms with Gasteiger partial charge in [0.15, 0.2) is 56.6 Å². The summed E-state index contributed by atoms with van der Waals surface area (Å²) >= 11 is 0. The van der Waals surface area contributed by atoms with Crippen LogP contribution in [0.3, 0.4) is 0 Å². The lowest BCUT2D eigenvalue weighted by molar-refractivity contribution is -0.407. The molecule has 55 atom stereocenters. The highest BCUT2D eigenvalue weighted by Crippen LogP contribution is 2.44. The number of aliphatic hydroxyl groups is 30. The topological polar surface area (TPSA) is 1000 Å². The summed E-state index contributed by atoms with van der Waals surface area (Å²) in [6, 6.07) is -12.1. The number of rotatable bonds is 43. The Morgan fingerprint density at radius 2 is 0.703 bits per heavy atom. The minimum atomic E-state index is -3.36. The van der Waals surface area contributed by atoms with Crippen LogP contribution in [0.1, 0.15) is 54.9 Å². The Morgan fingerprint density at radius 1 is 0.331 bits per heavy atom. The van der Waals surface area contributed by atoms with E-state index in [-0.39, 0.29) is 0 Å². The number of aliphatic hydroxyl groups excluding tert-OH is 30. The van der Waals surface area contributed by atoms with Crippen LogP contribution < -0.4 is 31.9 Å². The summed E-state index contributed by atoms with van der Waals surface area (Å²) in [5.74, 6) is -11.6.